The minimum atomic E-state index is -1.13. The predicted octanol–water partition coefficient (Wildman–Crippen LogP) is 1.27. The maximum atomic E-state index is 10.3. The number of aryl methyl sites for hydroxylation is 1. The first-order valence-corrected chi connectivity index (χ1v) is 4.35. The fourth-order valence-electron chi connectivity index (χ4n) is 1.51. The highest BCUT2D eigenvalue weighted by molar-refractivity contribution is 5.22. The van der Waals surface area contributed by atoms with E-state index in [1.54, 1.807) is 42.4 Å². The zero-order valence-corrected chi connectivity index (χ0v) is 8.14. The van der Waals surface area contributed by atoms with Crippen molar-refractivity contribution in [1.29, 1.82) is 0 Å². The molecule has 0 aliphatic carbocycles. The van der Waals surface area contributed by atoms with E-state index >= 15 is 0 Å². The Morgan fingerprint density at radius 3 is 2.86 bits per heavy atom. The van der Waals surface area contributed by atoms with Gasteiger partial charge in [-0.05, 0) is 19.1 Å². The van der Waals surface area contributed by atoms with Crippen molar-refractivity contribution in [3.05, 3.63) is 42.4 Å². The molecule has 0 fully saturated rings. The zero-order chi connectivity index (χ0) is 10.2. The largest absolute Gasteiger partial charge is 0.466 e. The van der Waals surface area contributed by atoms with Gasteiger partial charge in [-0.3, -0.25) is 0 Å². The van der Waals surface area contributed by atoms with E-state index in [4.69, 9.17) is 4.42 Å². The fraction of sp³-hybridized carbons (Fsp3) is 0.300. The van der Waals surface area contributed by atoms with Gasteiger partial charge in [-0.15, -0.1) is 0 Å². The number of hydrogen-bond donors (Lipinski definition) is 1. The fourth-order valence-corrected chi connectivity index (χ4v) is 1.51. The summed E-state index contributed by atoms with van der Waals surface area (Å²) in [5.74, 6) is 0.515. The summed E-state index contributed by atoms with van der Waals surface area (Å²) in [5, 5.41) is 10.3. The van der Waals surface area contributed by atoms with Gasteiger partial charge in [0.15, 0.2) is 5.60 Å². The summed E-state index contributed by atoms with van der Waals surface area (Å²) < 4.78 is 6.95. The predicted molar refractivity (Wildman–Crippen MR) is 50.6 cm³/mol. The summed E-state index contributed by atoms with van der Waals surface area (Å²) in [6, 6.07) is 3.49. The standard InChI is InChI=1S/C10H12N2O2/c1-10(13,9-4-3-5-14-9)8-6-11-7-12(8)2/h3-7,13H,1-2H3. The molecule has 2 heterocycles. The lowest BCUT2D eigenvalue weighted by atomic mass is 10.00. The first kappa shape index (κ1) is 9.02. The smallest absolute Gasteiger partial charge is 0.160 e. The van der Waals surface area contributed by atoms with Gasteiger partial charge in [0.05, 0.1) is 24.5 Å². The number of furan rings is 1. The lowest BCUT2D eigenvalue weighted by Crippen LogP contribution is -2.24. The maximum absolute atomic E-state index is 10.3. The van der Waals surface area contributed by atoms with Crippen LogP contribution in [0.25, 0.3) is 0 Å². The van der Waals surface area contributed by atoms with E-state index in [-0.39, 0.29) is 0 Å². The highest BCUT2D eigenvalue weighted by Gasteiger charge is 2.31. The van der Waals surface area contributed by atoms with Crippen LogP contribution in [0.4, 0.5) is 0 Å². The zero-order valence-electron chi connectivity index (χ0n) is 8.14. The van der Waals surface area contributed by atoms with E-state index in [1.807, 2.05) is 7.05 Å². The quantitative estimate of drug-likeness (QED) is 0.779. The van der Waals surface area contributed by atoms with Crippen LogP contribution in [0.3, 0.4) is 0 Å². The number of hydrogen-bond acceptors (Lipinski definition) is 3. The summed E-state index contributed by atoms with van der Waals surface area (Å²) in [6.45, 7) is 1.68. The minimum Gasteiger partial charge on any atom is -0.466 e. The Hall–Kier alpha value is -1.55. The van der Waals surface area contributed by atoms with Crippen molar-refractivity contribution in [3.8, 4) is 0 Å². The van der Waals surface area contributed by atoms with Crippen LogP contribution in [0.15, 0.2) is 35.3 Å². The van der Waals surface area contributed by atoms with Gasteiger partial charge in [0.25, 0.3) is 0 Å². The Morgan fingerprint density at radius 2 is 2.36 bits per heavy atom. The molecule has 0 saturated carbocycles. The van der Waals surface area contributed by atoms with Crippen molar-refractivity contribution in [2.75, 3.05) is 0 Å². The van der Waals surface area contributed by atoms with Gasteiger partial charge in [0.1, 0.15) is 5.76 Å². The van der Waals surface area contributed by atoms with Crippen molar-refractivity contribution in [2.24, 2.45) is 7.05 Å². The van der Waals surface area contributed by atoms with Crippen LogP contribution >= 0.6 is 0 Å². The maximum Gasteiger partial charge on any atom is 0.160 e. The van der Waals surface area contributed by atoms with E-state index in [1.165, 1.54) is 0 Å². The summed E-state index contributed by atoms with van der Waals surface area (Å²) in [4.78, 5) is 3.96. The van der Waals surface area contributed by atoms with Crippen molar-refractivity contribution in [2.45, 2.75) is 12.5 Å². The van der Waals surface area contributed by atoms with Crippen molar-refractivity contribution in [1.82, 2.24) is 9.55 Å². The molecule has 0 saturated heterocycles. The van der Waals surface area contributed by atoms with Crippen molar-refractivity contribution in [3.63, 3.8) is 0 Å². The molecular formula is C10H12N2O2. The SMILES string of the molecule is Cn1cncc1C(C)(O)c1ccco1. The summed E-state index contributed by atoms with van der Waals surface area (Å²) in [7, 11) is 1.83. The van der Waals surface area contributed by atoms with Crippen LogP contribution in [-0.4, -0.2) is 14.7 Å². The van der Waals surface area contributed by atoms with Gasteiger partial charge in [0.2, 0.25) is 0 Å². The molecule has 0 aromatic carbocycles. The Morgan fingerprint density at radius 1 is 1.57 bits per heavy atom. The second-order valence-electron chi connectivity index (χ2n) is 3.44. The van der Waals surface area contributed by atoms with Crippen LogP contribution in [0.1, 0.15) is 18.4 Å². The lowest BCUT2D eigenvalue weighted by Gasteiger charge is -2.20. The van der Waals surface area contributed by atoms with Crippen LogP contribution in [0.2, 0.25) is 0 Å². The van der Waals surface area contributed by atoms with E-state index in [2.05, 4.69) is 4.98 Å². The van der Waals surface area contributed by atoms with Crippen LogP contribution in [0.5, 0.6) is 0 Å². The highest BCUT2D eigenvalue weighted by Crippen LogP contribution is 2.28. The first-order valence-electron chi connectivity index (χ1n) is 4.35. The average Bonchev–Trinajstić information content (AvgIpc) is 2.72. The molecule has 4 heteroatoms. The molecule has 1 atom stereocenters. The topological polar surface area (TPSA) is 51.2 Å². The van der Waals surface area contributed by atoms with Gasteiger partial charge >= 0.3 is 0 Å². The minimum absolute atomic E-state index is 0.515. The van der Waals surface area contributed by atoms with E-state index in [0.29, 0.717) is 11.5 Å². The second-order valence-corrected chi connectivity index (χ2v) is 3.44. The molecule has 2 aromatic heterocycles. The van der Waals surface area contributed by atoms with Crippen molar-refractivity contribution < 1.29 is 9.52 Å². The number of nitrogens with zero attached hydrogens (tertiary/aromatic N) is 2. The normalized spacial score (nSPS) is 15.4. The van der Waals surface area contributed by atoms with E-state index in [9.17, 15) is 5.11 Å². The third-order valence-electron chi connectivity index (χ3n) is 2.32. The molecule has 0 spiro atoms. The van der Waals surface area contributed by atoms with Gasteiger partial charge < -0.3 is 14.1 Å². The Labute approximate surface area is 81.8 Å². The van der Waals surface area contributed by atoms with E-state index < -0.39 is 5.60 Å². The molecule has 1 N–H and O–H groups in total. The summed E-state index contributed by atoms with van der Waals surface area (Å²) in [5.41, 5.74) is -0.429. The number of imidazole rings is 1. The van der Waals surface area contributed by atoms with Gasteiger partial charge in [-0.2, -0.15) is 0 Å². The van der Waals surface area contributed by atoms with Gasteiger partial charge in [0, 0.05) is 7.05 Å². The first-order chi connectivity index (χ1) is 6.62. The Bertz CT molecular complexity index is 415. The third-order valence-corrected chi connectivity index (χ3v) is 2.32. The molecule has 1 unspecified atom stereocenters. The average molecular weight is 192 g/mol. The molecule has 4 nitrogen and oxygen atoms in total. The number of aliphatic hydroxyl groups is 1. The molecule has 0 bridgehead atoms. The van der Waals surface area contributed by atoms with Crippen molar-refractivity contribution >= 4 is 0 Å². The Kier molecular flexibility index (Phi) is 1.93. The molecule has 2 aromatic rings. The molecule has 0 amide bonds. The number of rotatable bonds is 2. The molecule has 0 aliphatic rings. The third kappa shape index (κ3) is 1.24. The molecule has 2 rings (SSSR count). The molecule has 0 radical (unpaired) electrons. The van der Waals surface area contributed by atoms with Gasteiger partial charge in [-0.1, -0.05) is 0 Å². The summed E-state index contributed by atoms with van der Waals surface area (Å²) in [6.07, 6.45) is 4.81. The van der Waals surface area contributed by atoms with Crippen LogP contribution in [-0.2, 0) is 12.6 Å². The lowest BCUT2D eigenvalue weighted by molar-refractivity contribution is 0.0693. The molecule has 74 valence electrons. The van der Waals surface area contributed by atoms with Gasteiger partial charge in [-0.25, -0.2) is 4.98 Å². The van der Waals surface area contributed by atoms with E-state index in [0.717, 1.165) is 0 Å². The second kappa shape index (κ2) is 2.99. The monoisotopic (exact) mass is 192 g/mol. The van der Waals surface area contributed by atoms with Crippen LogP contribution < -0.4 is 0 Å². The van der Waals surface area contributed by atoms with Crippen LogP contribution in [0, 0.1) is 0 Å². The molecule has 0 aliphatic heterocycles. The summed E-state index contributed by atoms with van der Waals surface area (Å²) >= 11 is 0. The Balaban J connectivity index is 2.48. The number of aromatic nitrogens is 2. The molecular weight excluding hydrogens is 180 g/mol. The molecule has 14 heavy (non-hydrogen) atoms. The highest BCUT2D eigenvalue weighted by atomic mass is 16.4.